The minimum Gasteiger partial charge on any atom is -0.341 e. The molecule has 2 rings (SSSR count). The summed E-state index contributed by atoms with van der Waals surface area (Å²) in [5, 5.41) is 2.51. The third-order valence-corrected chi connectivity index (χ3v) is 5.42. The van der Waals surface area contributed by atoms with E-state index in [9.17, 15) is 22.4 Å². The Morgan fingerprint density at radius 3 is 2.43 bits per heavy atom. The van der Waals surface area contributed by atoms with Gasteiger partial charge in [-0.15, -0.1) is 0 Å². The molecule has 1 aliphatic heterocycles. The summed E-state index contributed by atoms with van der Waals surface area (Å²) in [5.41, 5.74) is 0.564. The zero-order chi connectivity index (χ0) is 17.2. The van der Waals surface area contributed by atoms with Crippen LogP contribution in [0.2, 0.25) is 0 Å². The third kappa shape index (κ3) is 4.28. The molecule has 6 nitrogen and oxygen atoms in total. The molecule has 0 aromatic heterocycles. The van der Waals surface area contributed by atoms with Gasteiger partial charge in [0.1, 0.15) is 11.9 Å². The molecule has 8 heteroatoms. The number of amides is 2. The first kappa shape index (κ1) is 17.4. The number of carbonyl (C=O) groups excluding carboxylic acids is 2. The van der Waals surface area contributed by atoms with Crippen molar-refractivity contribution in [3.63, 3.8) is 0 Å². The van der Waals surface area contributed by atoms with Gasteiger partial charge in [0.15, 0.2) is 9.84 Å². The second-order valence-electron chi connectivity index (χ2n) is 5.64. The number of sulfone groups is 1. The summed E-state index contributed by atoms with van der Waals surface area (Å²) in [6.07, 6.45) is 0. The zero-order valence-corrected chi connectivity index (χ0v) is 13.8. The normalized spacial score (nSPS) is 18.3. The van der Waals surface area contributed by atoms with Crippen molar-refractivity contribution in [3.05, 3.63) is 35.1 Å². The van der Waals surface area contributed by atoms with Gasteiger partial charge in [-0.3, -0.25) is 9.59 Å². The van der Waals surface area contributed by atoms with Gasteiger partial charge in [0.25, 0.3) is 5.91 Å². The van der Waals surface area contributed by atoms with E-state index < -0.39 is 27.6 Å². The second-order valence-corrected chi connectivity index (χ2v) is 7.94. The number of hydrogen-bond donors (Lipinski definition) is 1. The molecule has 2 amide bonds. The van der Waals surface area contributed by atoms with Crippen LogP contribution in [0.1, 0.15) is 22.8 Å². The fraction of sp³-hybridized carbons (Fsp3) is 0.467. The van der Waals surface area contributed by atoms with Crippen LogP contribution in [0.4, 0.5) is 4.39 Å². The number of aryl methyl sites for hydroxylation is 1. The Morgan fingerprint density at radius 2 is 1.87 bits per heavy atom. The lowest BCUT2D eigenvalue weighted by Gasteiger charge is -2.29. The van der Waals surface area contributed by atoms with Crippen LogP contribution in [0.15, 0.2) is 18.2 Å². The van der Waals surface area contributed by atoms with Crippen LogP contribution >= 0.6 is 0 Å². The lowest BCUT2D eigenvalue weighted by molar-refractivity contribution is -0.132. The van der Waals surface area contributed by atoms with Crippen LogP contribution in [-0.4, -0.2) is 55.8 Å². The molecule has 0 bridgehead atoms. The van der Waals surface area contributed by atoms with E-state index >= 15 is 0 Å². The summed E-state index contributed by atoms with van der Waals surface area (Å²) < 4.78 is 36.2. The second kappa shape index (κ2) is 6.66. The predicted molar refractivity (Wildman–Crippen MR) is 83.3 cm³/mol. The Bertz CT molecular complexity index is 719. The number of nitrogens with one attached hydrogen (secondary N) is 1. The molecular formula is C15H19FN2O4S. The maximum atomic E-state index is 13.5. The van der Waals surface area contributed by atoms with Gasteiger partial charge in [-0.25, -0.2) is 12.8 Å². The molecular weight excluding hydrogens is 323 g/mol. The molecule has 23 heavy (non-hydrogen) atoms. The molecule has 1 aliphatic rings. The highest BCUT2D eigenvalue weighted by molar-refractivity contribution is 7.91. The number of nitrogens with zero attached hydrogens (tertiary/aromatic N) is 1. The molecule has 1 heterocycles. The summed E-state index contributed by atoms with van der Waals surface area (Å²) in [4.78, 5) is 25.7. The predicted octanol–water partition coefficient (Wildman–Crippen LogP) is 0.509. The molecule has 126 valence electrons. The van der Waals surface area contributed by atoms with Crippen molar-refractivity contribution in [1.82, 2.24) is 10.2 Å². The van der Waals surface area contributed by atoms with Crippen LogP contribution in [0.5, 0.6) is 0 Å². The Morgan fingerprint density at radius 1 is 1.26 bits per heavy atom. The van der Waals surface area contributed by atoms with Gasteiger partial charge in [-0.1, -0.05) is 6.07 Å². The van der Waals surface area contributed by atoms with Crippen molar-refractivity contribution in [2.24, 2.45) is 0 Å². The Balaban J connectivity index is 1.98. The summed E-state index contributed by atoms with van der Waals surface area (Å²) in [6, 6.07) is 3.28. The molecule has 1 aromatic rings. The molecule has 0 spiro atoms. The summed E-state index contributed by atoms with van der Waals surface area (Å²) >= 11 is 0. The molecule has 1 aromatic carbocycles. The van der Waals surface area contributed by atoms with E-state index in [4.69, 9.17) is 0 Å². The smallest absolute Gasteiger partial charge is 0.252 e. The maximum Gasteiger partial charge on any atom is 0.252 e. The van der Waals surface area contributed by atoms with Gasteiger partial charge in [-0.2, -0.15) is 0 Å². The highest BCUT2D eigenvalue weighted by atomic mass is 32.2. The maximum absolute atomic E-state index is 13.5. The Kier molecular flexibility index (Phi) is 5.03. The van der Waals surface area contributed by atoms with E-state index in [1.165, 1.54) is 24.0 Å². The van der Waals surface area contributed by atoms with Crippen molar-refractivity contribution in [1.29, 1.82) is 0 Å². The van der Waals surface area contributed by atoms with Crippen LogP contribution in [0.3, 0.4) is 0 Å². The lowest BCUT2D eigenvalue weighted by atomic mass is 10.1. The molecule has 1 saturated heterocycles. The van der Waals surface area contributed by atoms with Crippen molar-refractivity contribution in [3.8, 4) is 0 Å². The van der Waals surface area contributed by atoms with Gasteiger partial charge < -0.3 is 10.2 Å². The number of carbonyl (C=O) groups is 2. The van der Waals surface area contributed by atoms with E-state index in [1.807, 2.05) is 0 Å². The van der Waals surface area contributed by atoms with Gasteiger partial charge in [0, 0.05) is 18.7 Å². The first-order chi connectivity index (χ1) is 10.7. The van der Waals surface area contributed by atoms with Crippen LogP contribution < -0.4 is 5.32 Å². The summed E-state index contributed by atoms with van der Waals surface area (Å²) in [6.45, 7) is 3.36. The van der Waals surface area contributed by atoms with E-state index in [2.05, 4.69) is 5.32 Å². The first-order valence-electron chi connectivity index (χ1n) is 7.26. The zero-order valence-electron chi connectivity index (χ0n) is 13.0. The molecule has 0 aliphatic carbocycles. The number of rotatable bonds is 3. The third-order valence-electron chi connectivity index (χ3n) is 3.81. The molecule has 1 atom stereocenters. The molecule has 1 unspecified atom stereocenters. The quantitative estimate of drug-likeness (QED) is 0.867. The average Bonchev–Trinajstić information content (AvgIpc) is 2.49. The summed E-state index contributed by atoms with van der Waals surface area (Å²) in [5.74, 6) is -1.52. The van der Waals surface area contributed by atoms with Crippen molar-refractivity contribution in [2.45, 2.75) is 19.9 Å². The Hall–Kier alpha value is -1.96. The van der Waals surface area contributed by atoms with Crippen LogP contribution in [0, 0.1) is 12.7 Å². The van der Waals surface area contributed by atoms with Crippen LogP contribution in [0.25, 0.3) is 0 Å². The van der Waals surface area contributed by atoms with Gasteiger partial charge >= 0.3 is 0 Å². The first-order valence-corrected chi connectivity index (χ1v) is 9.08. The van der Waals surface area contributed by atoms with Gasteiger partial charge in [0.05, 0.1) is 11.5 Å². The lowest BCUT2D eigenvalue weighted by Crippen LogP contribution is -2.51. The SMILES string of the molecule is Cc1ccc(C(=O)NC(C)C(=O)N2CCS(=O)(=O)CC2)cc1F. The Labute approximate surface area is 134 Å². The fourth-order valence-electron chi connectivity index (χ4n) is 2.28. The average molecular weight is 342 g/mol. The minimum absolute atomic E-state index is 0.0669. The van der Waals surface area contributed by atoms with Crippen LogP contribution in [-0.2, 0) is 14.6 Å². The highest BCUT2D eigenvalue weighted by Gasteiger charge is 2.28. The standard InChI is InChI=1S/C15H19FN2O4S/c1-10-3-4-12(9-13(10)16)14(19)17-11(2)15(20)18-5-7-23(21,22)8-6-18/h3-4,9,11H,5-8H2,1-2H3,(H,17,19). The largest absolute Gasteiger partial charge is 0.341 e. The van der Waals surface area contributed by atoms with E-state index in [1.54, 1.807) is 6.92 Å². The van der Waals surface area contributed by atoms with Crippen molar-refractivity contribution >= 4 is 21.7 Å². The fourth-order valence-corrected chi connectivity index (χ4v) is 3.48. The van der Waals surface area contributed by atoms with Gasteiger partial charge in [-0.05, 0) is 31.5 Å². The topological polar surface area (TPSA) is 83.6 Å². The highest BCUT2D eigenvalue weighted by Crippen LogP contribution is 2.10. The molecule has 0 radical (unpaired) electrons. The van der Waals surface area contributed by atoms with Crippen molar-refractivity contribution in [2.75, 3.05) is 24.6 Å². The van der Waals surface area contributed by atoms with E-state index in [-0.39, 0.29) is 36.1 Å². The number of benzene rings is 1. The van der Waals surface area contributed by atoms with E-state index in [0.717, 1.165) is 6.07 Å². The van der Waals surface area contributed by atoms with E-state index in [0.29, 0.717) is 5.56 Å². The molecule has 1 fully saturated rings. The van der Waals surface area contributed by atoms with Crippen molar-refractivity contribution < 1.29 is 22.4 Å². The van der Waals surface area contributed by atoms with Gasteiger partial charge in [0.2, 0.25) is 5.91 Å². The molecule has 0 saturated carbocycles. The monoisotopic (exact) mass is 342 g/mol. The number of halogens is 1. The number of hydrogen-bond acceptors (Lipinski definition) is 4. The minimum atomic E-state index is -3.07. The summed E-state index contributed by atoms with van der Waals surface area (Å²) in [7, 11) is -3.07. The molecule has 1 N–H and O–H groups in total.